The minimum absolute atomic E-state index is 0.205. The minimum atomic E-state index is -0.806. The minimum Gasteiger partial charge on any atom is -0.168 e. The van der Waals surface area contributed by atoms with Gasteiger partial charge in [0.05, 0.1) is 0 Å². The van der Waals surface area contributed by atoms with Crippen LogP contribution >= 0.6 is 10.0 Å². The number of hydrogen-bond acceptors (Lipinski definition) is 0. The van der Waals surface area contributed by atoms with E-state index in [4.69, 9.17) is 0 Å². The van der Waals surface area contributed by atoms with Crippen LogP contribution in [0.4, 0.5) is 0 Å². The molecule has 3 aliphatic carbocycles. The van der Waals surface area contributed by atoms with Gasteiger partial charge in [-0.2, -0.15) is 10.0 Å². The molecule has 3 rings (SSSR count). The van der Waals surface area contributed by atoms with E-state index >= 15 is 0 Å². The Morgan fingerprint density at radius 2 is 0.964 bits per heavy atom. The third-order valence-electron chi connectivity index (χ3n) is 7.76. The summed E-state index contributed by atoms with van der Waals surface area (Å²) >= 11 is 0. The van der Waals surface area contributed by atoms with Crippen molar-refractivity contribution in [3.8, 4) is 11.2 Å². The number of hydrogen-bond donors (Lipinski definition) is 0. The molecule has 3 aliphatic rings. The van der Waals surface area contributed by atoms with Gasteiger partial charge in [-0.05, 0) is 74.5 Å². The van der Waals surface area contributed by atoms with E-state index in [0.717, 1.165) is 15.7 Å². The first-order valence-corrected chi connectivity index (χ1v) is 14.7. The summed E-state index contributed by atoms with van der Waals surface area (Å²) in [6.45, 7) is 11.1. The van der Waals surface area contributed by atoms with Crippen molar-refractivity contribution in [2.45, 2.75) is 153 Å². The van der Waals surface area contributed by atoms with Gasteiger partial charge in [-0.25, -0.2) is 0 Å². The van der Waals surface area contributed by atoms with E-state index in [1.807, 2.05) is 13.8 Å². The quantitative estimate of drug-likeness (QED) is 0.408. The summed E-state index contributed by atoms with van der Waals surface area (Å²) in [5.41, 5.74) is 0.205. The summed E-state index contributed by atoms with van der Waals surface area (Å²) in [6, 6.07) is 0. The second kappa shape index (κ2) is 11.9. The molecule has 0 spiro atoms. The molecule has 0 N–H and O–H groups in total. The molecule has 0 aromatic heterocycles. The maximum Gasteiger partial charge on any atom is 0.0264 e. The number of rotatable bonds is 4. The monoisotopic (exact) mass is 406 g/mol. The SMILES string of the molecule is CC.CCC(C)(C)C#CS(C1CCCCC1)(C1CCCCC1)C1CCCCC1. The van der Waals surface area contributed by atoms with Gasteiger partial charge in [0.2, 0.25) is 0 Å². The van der Waals surface area contributed by atoms with Crippen LogP contribution in [0.3, 0.4) is 0 Å². The van der Waals surface area contributed by atoms with Crippen molar-refractivity contribution in [2.24, 2.45) is 5.41 Å². The first-order chi connectivity index (χ1) is 13.6. The average molecular weight is 407 g/mol. The normalized spacial score (nSPS) is 23.9. The van der Waals surface area contributed by atoms with Gasteiger partial charge in [-0.1, -0.05) is 89.7 Å². The van der Waals surface area contributed by atoms with Crippen LogP contribution in [0.2, 0.25) is 0 Å². The molecule has 0 aromatic rings. The molecule has 28 heavy (non-hydrogen) atoms. The van der Waals surface area contributed by atoms with E-state index in [1.54, 1.807) is 0 Å². The van der Waals surface area contributed by atoms with Crippen molar-refractivity contribution in [1.29, 1.82) is 0 Å². The maximum absolute atomic E-state index is 4.27. The van der Waals surface area contributed by atoms with Crippen LogP contribution in [-0.4, -0.2) is 15.7 Å². The highest BCUT2D eigenvalue weighted by atomic mass is 32.3. The molecule has 0 radical (unpaired) electrons. The Kier molecular flexibility index (Phi) is 10.3. The third kappa shape index (κ3) is 5.97. The fraction of sp³-hybridized carbons (Fsp3) is 0.926. The van der Waals surface area contributed by atoms with Crippen molar-refractivity contribution in [1.82, 2.24) is 0 Å². The molecule has 0 amide bonds. The fourth-order valence-electron chi connectivity index (χ4n) is 5.75. The Morgan fingerprint density at radius 1 is 0.643 bits per heavy atom. The van der Waals surface area contributed by atoms with Gasteiger partial charge >= 0.3 is 0 Å². The molecular formula is C27H50S. The van der Waals surface area contributed by atoms with Crippen molar-refractivity contribution in [3.05, 3.63) is 0 Å². The summed E-state index contributed by atoms with van der Waals surface area (Å²) < 4.78 is 0. The Bertz CT molecular complexity index is 431. The second-order valence-electron chi connectivity index (χ2n) is 10.0. The van der Waals surface area contributed by atoms with E-state index in [9.17, 15) is 0 Å². The largest absolute Gasteiger partial charge is 0.168 e. The zero-order valence-electron chi connectivity index (χ0n) is 20.0. The lowest BCUT2D eigenvalue weighted by atomic mass is 9.92. The van der Waals surface area contributed by atoms with E-state index in [-0.39, 0.29) is 5.41 Å². The maximum atomic E-state index is 4.27. The van der Waals surface area contributed by atoms with Crippen LogP contribution in [0.25, 0.3) is 0 Å². The van der Waals surface area contributed by atoms with Crippen molar-refractivity contribution < 1.29 is 0 Å². The average Bonchev–Trinajstić information content (AvgIpc) is 2.78. The highest BCUT2D eigenvalue weighted by Gasteiger charge is 2.45. The highest BCUT2D eigenvalue weighted by molar-refractivity contribution is 8.38. The Balaban J connectivity index is 0.00000136. The van der Waals surface area contributed by atoms with Crippen LogP contribution in [0, 0.1) is 16.6 Å². The molecule has 1 heteroatoms. The predicted octanol–water partition coefficient (Wildman–Crippen LogP) is 9.21. The highest BCUT2D eigenvalue weighted by Crippen LogP contribution is 2.68. The Labute approximate surface area is 179 Å². The smallest absolute Gasteiger partial charge is 0.0264 e. The Morgan fingerprint density at radius 3 is 1.25 bits per heavy atom. The summed E-state index contributed by atoms with van der Waals surface area (Å²) in [7, 11) is -0.806. The van der Waals surface area contributed by atoms with Gasteiger partial charge < -0.3 is 0 Å². The van der Waals surface area contributed by atoms with E-state index in [0.29, 0.717) is 0 Å². The summed E-state index contributed by atoms with van der Waals surface area (Å²) in [5, 5.41) is 7.19. The molecule has 0 aromatic carbocycles. The molecule has 0 saturated heterocycles. The molecule has 3 saturated carbocycles. The summed E-state index contributed by atoms with van der Waals surface area (Å²) in [6.07, 6.45) is 23.6. The van der Waals surface area contributed by atoms with Crippen molar-refractivity contribution >= 4 is 10.0 Å². The standard InChI is InChI=1S/C25H44S.C2H6/c1-4-25(2,3)20-21-26(22-14-8-5-9-15-22,23-16-10-6-11-17-23)24-18-12-7-13-19-24;1-2/h22-24H,4-19H2,1-3H3;1-2H3. The molecule has 0 aliphatic heterocycles. The zero-order chi connectivity index (χ0) is 20.5. The van der Waals surface area contributed by atoms with E-state index in [1.165, 1.54) is 103 Å². The lowest BCUT2D eigenvalue weighted by molar-refractivity contribution is 0.464. The van der Waals surface area contributed by atoms with Crippen LogP contribution < -0.4 is 0 Å². The van der Waals surface area contributed by atoms with Gasteiger partial charge in [-0.15, -0.1) is 0 Å². The van der Waals surface area contributed by atoms with Gasteiger partial charge in [-0.3, -0.25) is 0 Å². The molecule has 0 atom stereocenters. The summed E-state index contributed by atoms with van der Waals surface area (Å²) in [5.74, 6) is 3.93. The third-order valence-corrected chi connectivity index (χ3v) is 12.9. The van der Waals surface area contributed by atoms with Gasteiger partial charge in [0.15, 0.2) is 0 Å². The van der Waals surface area contributed by atoms with Crippen LogP contribution in [0.5, 0.6) is 0 Å². The lowest BCUT2D eigenvalue weighted by Crippen LogP contribution is -2.39. The Hall–Kier alpha value is -0.0900. The first kappa shape index (κ1) is 24.2. The molecule has 0 unspecified atom stereocenters. The van der Waals surface area contributed by atoms with Crippen molar-refractivity contribution in [3.63, 3.8) is 0 Å². The predicted molar refractivity (Wildman–Crippen MR) is 131 cm³/mol. The van der Waals surface area contributed by atoms with Crippen LogP contribution in [0.1, 0.15) is 137 Å². The molecule has 0 heterocycles. The lowest BCUT2D eigenvalue weighted by Gasteiger charge is -2.56. The molecule has 164 valence electrons. The van der Waals surface area contributed by atoms with E-state index < -0.39 is 10.0 Å². The molecule has 0 nitrogen and oxygen atoms in total. The first-order valence-electron chi connectivity index (χ1n) is 12.9. The van der Waals surface area contributed by atoms with Crippen LogP contribution in [-0.2, 0) is 0 Å². The van der Waals surface area contributed by atoms with Gasteiger partial charge in [0.1, 0.15) is 0 Å². The van der Waals surface area contributed by atoms with Crippen molar-refractivity contribution in [2.75, 3.05) is 0 Å². The topological polar surface area (TPSA) is 0 Å². The van der Waals surface area contributed by atoms with E-state index in [2.05, 4.69) is 31.9 Å². The molecule has 3 fully saturated rings. The second-order valence-corrected chi connectivity index (χ2v) is 13.7. The zero-order valence-corrected chi connectivity index (χ0v) is 20.8. The summed E-state index contributed by atoms with van der Waals surface area (Å²) in [4.78, 5) is 0. The molecular weight excluding hydrogens is 356 g/mol. The van der Waals surface area contributed by atoms with Gasteiger partial charge in [0, 0.05) is 5.41 Å². The van der Waals surface area contributed by atoms with Gasteiger partial charge in [0.25, 0.3) is 0 Å². The van der Waals surface area contributed by atoms with Crippen LogP contribution in [0.15, 0.2) is 0 Å². The molecule has 0 bridgehead atoms. The fourth-order valence-corrected chi connectivity index (χ4v) is 11.7.